The number of nitrogens with zero attached hydrogens (tertiary/aromatic N) is 2. The summed E-state index contributed by atoms with van der Waals surface area (Å²) in [6.07, 6.45) is 1.44. The monoisotopic (exact) mass is 693 g/mol. The minimum atomic E-state index is -0.911. The van der Waals surface area contributed by atoms with Gasteiger partial charge < -0.3 is 29.5 Å². The van der Waals surface area contributed by atoms with Crippen LogP contribution >= 0.6 is 11.3 Å². The van der Waals surface area contributed by atoms with Gasteiger partial charge >= 0.3 is 5.97 Å². The first-order valence-electron chi connectivity index (χ1n) is 16.6. The molecular formula is C37H47N3O8S. The number of carbonyl (C=O) groups excluding carboxylic acids is 4. The van der Waals surface area contributed by atoms with E-state index in [-0.39, 0.29) is 31.8 Å². The second-order valence-corrected chi connectivity index (χ2v) is 14.2. The predicted molar refractivity (Wildman–Crippen MR) is 186 cm³/mol. The van der Waals surface area contributed by atoms with Gasteiger partial charge in [0.05, 0.1) is 47.5 Å². The Morgan fingerprint density at radius 1 is 1.04 bits per heavy atom. The third-order valence-electron chi connectivity index (χ3n) is 8.43. The molecule has 49 heavy (non-hydrogen) atoms. The maximum absolute atomic E-state index is 13.8. The van der Waals surface area contributed by atoms with Crippen molar-refractivity contribution in [1.29, 1.82) is 0 Å². The van der Waals surface area contributed by atoms with Gasteiger partial charge in [-0.1, -0.05) is 45.0 Å². The van der Waals surface area contributed by atoms with E-state index in [1.54, 1.807) is 35.6 Å². The second kappa shape index (κ2) is 17.5. The molecule has 3 aromatic rings. The molecule has 1 fully saturated rings. The Kier molecular flexibility index (Phi) is 13.5. The molecule has 2 heterocycles. The summed E-state index contributed by atoms with van der Waals surface area (Å²) >= 11 is 1.59. The lowest BCUT2D eigenvalue weighted by Crippen LogP contribution is -2.57. The number of Topliss-reactive ketones (excluding diaryl/α,β-unsaturated/α-hetero) is 1. The van der Waals surface area contributed by atoms with Crippen molar-refractivity contribution in [3.05, 3.63) is 70.9 Å². The highest BCUT2D eigenvalue weighted by atomic mass is 32.1. The molecule has 2 amide bonds. The van der Waals surface area contributed by atoms with Crippen LogP contribution in [0.3, 0.4) is 0 Å². The number of aromatic nitrogens is 1. The quantitative estimate of drug-likeness (QED) is 0.160. The van der Waals surface area contributed by atoms with E-state index in [9.17, 15) is 24.3 Å². The molecule has 2 aromatic carbocycles. The highest BCUT2D eigenvalue weighted by molar-refractivity contribution is 7.13. The van der Waals surface area contributed by atoms with Gasteiger partial charge in [-0.3, -0.25) is 14.4 Å². The number of amides is 2. The maximum Gasteiger partial charge on any atom is 0.337 e. The smallest absolute Gasteiger partial charge is 0.337 e. The van der Waals surface area contributed by atoms with Gasteiger partial charge in [0.25, 0.3) is 0 Å². The standard InChI is InChI=1S/C37H47N3O8S/c1-24-33(49-23-38-24)26-11-8-25(9-12-26)10-17-31(42)30-20-28(41)21-40(30)35(44)34(37(2,3)4)39-32(43)22-47-18-6-7-19-48-29-15-13-27(14-16-29)36(45)46-5/h8-9,11-16,23,28,30,34,41H,6-7,10,17-22H2,1-5H3,(H,39,43)/t28-,30+,34-/m1/s1. The lowest BCUT2D eigenvalue weighted by molar-refractivity contribution is -0.144. The highest BCUT2D eigenvalue weighted by Crippen LogP contribution is 2.29. The van der Waals surface area contributed by atoms with Crippen LogP contribution in [0.1, 0.15) is 68.1 Å². The number of esters is 1. The summed E-state index contributed by atoms with van der Waals surface area (Å²) < 4.78 is 15.9. The van der Waals surface area contributed by atoms with Gasteiger partial charge in [0.2, 0.25) is 11.8 Å². The number of ketones is 1. The van der Waals surface area contributed by atoms with Crippen LogP contribution in [0.2, 0.25) is 0 Å². The summed E-state index contributed by atoms with van der Waals surface area (Å²) in [5.41, 5.74) is 4.69. The molecular weight excluding hydrogens is 646 g/mol. The van der Waals surface area contributed by atoms with Gasteiger partial charge in [-0.2, -0.15) is 0 Å². The maximum atomic E-state index is 13.8. The van der Waals surface area contributed by atoms with Gasteiger partial charge in [0, 0.05) is 26.0 Å². The average molecular weight is 694 g/mol. The number of β-amino-alcohol motifs (C(OH)–C–C–N with tert-alkyl or cyclic N) is 1. The molecule has 3 atom stereocenters. The number of carbonyl (C=O) groups is 4. The summed E-state index contributed by atoms with van der Waals surface area (Å²) in [6, 6.07) is 13.1. The largest absolute Gasteiger partial charge is 0.494 e. The van der Waals surface area contributed by atoms with E-state index < -0.39 is 41.4 Å². The van der Waals surface area contributed by atoms with Crippen LogP contribution in [0.15, 0.2) is 54.0 Å². The second-order valence-electron chi connectivity index (χ2n) is 13.3. The fraction of sp³-hybridized carbons (Fsp3) is 0.486. The Balaban J connectivity index is 1.22. The molecule has 1 aromatic heterocycles. The number of hydrogen-bond donors (Lipinski definition) is 2. The number of nitrogens with one attached hydrogen (secondary N) is 1. The molecule has 12 heteroatoms. The number of thiazole rings is 1. The third kappa shape index (κ3) is 10.7. The summed E-state index contributed by atoms with van der Waals surface area (Å²) in [5, 5.41) is 13.3. The molecule has 264 valence electrons. The number of unbranched alkanes of at least 4 members (excludes halogenated alkanes) is 1. The van der Waals surface area contributed by atoms with E-state index in [2.05, 4.69) is 15.0 Å². The van der Waals surface area contributed by atoms with Gasteiger partial charge in [0.15, 0.2) is 5.78 Å². The van der Waals surface area contributed by atoms with Crippen LogP contribution in [-0.4, -0.2) is 90.2 Å². The number of rotatable bonds is 16. The van der Waals surface area contributed by atoms with Crippen molar-refractivity contribution in [2.45, 2.75) is 78.0 Å². The van der Waals surface area contributed by atoms with Crippen molar-refractivity contribution in [3.63, 3.8) is 0 Å². The number of methoxy groups -OCH3 is 1. The van der Waals surface area contributed by atoms with Gasteiger partial charge in [-0.05, 0) is 67.0 Å². The number of ether oxygens (including phenoxy) is 3. The Hall–Kier alpha value is -4.13. The molecule has 0 radical (unpaired) electrons. The molecule has 0 spiro atoms. The lowest BCUT2D eigenvalue weighted by atomic mass is 9.85. The van der Waals surface area contributed by atoms with Crippen molar-refractivity contribution in [2.75, 3.05) is 33.5 Å². The van der Waals surface area contributed by atoms with E-state index in [1.165, 1.54) is 12.0 Å². The Labute approximate surface area is 292 Å². The molecule has 1 aliphatic rings. The summed E-state index contributed by atoms with van der Waals surface area (Å²) in [7, 11) is 1.33. The molecule has 0 unspecified atom stereocenters. The zero-order chi connectivity index (χ0) is 35.6. The Morgan fingerprint density at radius 2 is 1.73 bits per heavy atom. The fourth-order valence-corrected chi connectivity index (χ4v) is 6.49. The number of aliphatic hydroxyl groups is 1. The Morgan fingerprint density at radius 3 is 2.37 bits per heavy atom. The van der Waals surface area contributed by atoms with Crippen LogP contribution < -0.4 is 10.1 Å². The van der Waals surface area contributed by atoms with Gasteiger partial charge in [-0.25, -0.2) is 9.78 Å². The van der Waals surface area contributed by atoms with E-state index in [0.29, 0.717) is 43.8 Å². The molecule has 4 rings (SSSR count). The van der Waals surface area contributed by atoms with Crippen molar-refractivity contribution in [1.82, 2.24) is 15.2 Å². The summed E-state index contributed by atoms with van der Waals surface area (Å²) in [5.74, 6) is -0.719. The molecule has 1 aliphatic heterocycles. The van der Waals surface area contributed by atoms with Crippen molar-refractivity contribution < 1.29 is 38.5 Å². The zero-order valence-electron chi connectivity index (χ0n) is 28.9. The third-order valence-corrected chi connectivity index (χ3v) is 9.41. The normalized spacial score (nSPS) is 16.7. The first-order chi connectivity index (χ1) is 23.4. The van der Waals surface area contributed by atoms with E-state index >= 15 is 0 Å². The average Bonchev–Trinajstić information content (AvgIpc) is 3.70. The molecule has 0 bridgehead atoms. The number of aryl methyl sites for hydroxylation is 2. The van der Waals surface area contributed by atoms with E-state index in [4.69, 9.17) is 9.47 Å². The summed E-state index contributed by atoms with van der Waals surface area (Å²) in [6.45, 7) is 8.10. The first-order valence-corrected chi connectivity index (χ1v) is 17.4. The zero-order valence-corrected chi connectivity index (χ0v) is 29.7. The molecule has 1 saturated heterocycles. The number of hydrogen-bond acceptors (Lipinski definition) is 10. The minimum absolute atomic E-state index is 0.0363. The summed E-state index contributed by atoms with van der Waals surface area (Å²) in [4.78, 5) is 58.5. The van der Waals surface area contributed by atoms with Gasteiger partial charge in [0.1, 0.15) is 18.4 Å². The SMILES string of the molecule is COC(=O)c1ccc(OCCCCOCC(=O)N[C@H](C(=O)N2C[C@H](O)C[C@H]2C(=O)CCc2ccc(-c3scnc3C)cc2)C(C)(C)C)cc1. The van der Waals surface area contributed by atoms with E-state index in [0.717, 1.165) is 21.7 Å². The highest BCUT2D eigenvalue weighted by Gasteiger charge is 2.44. The number of aliphatic hydroxyl groups excluding tert-OH is 1. The Bertz CT molecular complexity index is 1570. The predicted octanol–water partition coefficient (Wildman–Crippen LogP) is 4.78. The van der Waals surface area contributed by atoms with Crippen LogP contribution in [0.4, 0.5) is 0 Å². The number of likely N-dealkylation sites (tertiary alicyclic amines) is 1. The van der Waals surface area contributed by atoms with Crippen molar-refractivity contribution in [3.8, 4) is 16.2 Å². The van der Waals surface area contributed by atoms with Crippen LogP contribution in [-0.2, 0) is 30.3 Å². The van der Waals surface area contributed by atoms with Gasteiger partial charge in [-0.15, -0.1) is 11.3 Å². The molecule has 2 N–H and O–H groups in total. The van der Waals surface area contributed by atoms with Crippen molar-refractivity contribution in [2.24, 2.45) is 5.41 Å². The minimum Gasteiger partial charge on any atom is -0.494 e. The van der Waals surface area contributed by atoms with Crippen molar-refractivity contribution >= 4 is 34.9 Å². The topological polar surface area (TPSA) is 144 Å². The van der Waals surface area contributed by atoms with E-state index in [1.807, 2.05) is 57.5 Å². The fourth-order valence-electron chi connectivity index (χ4n) is 5.68. The number of benzene rings is 2. The molecule has 0 aliphatic carbocycles. The first kappa shape index (κ1) is 37.7. The molecule has 11 nitrogen and oxygen atoms in total. The lowest BCUT2D eigenvalue weighted by Gasteiger charge is -2.35. The van der Waals surface area contributed by atoms with Crippen LogP contribution in [0.5, 0.6) is 5.75 Å². The molecule has 0 saturated carbocycles. The van der Waals surface area contributed by atoms with Crippen LogP contribution in [0, 0.1) is 12.3 Å². The van der Waals surface area contributed by atoms with Crippen LogP contribution in [0.25, 0.3) is 10.4 Å².